The predicted octanol–water partition coefficient (Wildman–Crippen LogP) is 2.47. The maximum Gasteiger partial charge on any atom is 0.191 e. The average molecular weight is 397 g/mol. The minimum absolute atomic E-state index is 0.485. The molecule has 1 heterocycles. The molecule has 1 aliphatic rings. The number of hydrogen-bond donors (Lipinski definition) is 2. The molecule has 2 N–H and O–H groups in total. The van der Waals surface area contributed by atoms with E-state index in [0.717, 1.165) is 49.8 Å². The summed E-state index contributed by atoms with van der Waals surface area (Å²) in [6, 6.07) is 8.79. The molecule has 0 aromatic heterocycles. The Morgan fingerprint density at radius 1 is 1.29 bits per heavy atom. The molecule has 1 fully saturated rings. The largest absolute Gasteiger partial charge is 0.379 e. The van der Waals surface area contributed by atoms with E-state index in [-0.39, 0.29) is 0 Å². The zero-order chi connectivity index (χ0) is 17.4. The number of halogens is 1. The van der Waals surface area contributed by atoms with Crippen molar-refractivity contribution in [2.75, 3.05) is 39.9 Å². The molecule has 1 aromatic rings. The Morgan fingerprint density at radius 3 is 2.67 bits per heavy atom. The van der Waals surface area contributed by atoms with Gasteiger partial charge in [-0.15, -0.1) is 0 Å². The number of aliphatic imine (C=N–C) groups is 1. The van der Waals surface area contributed by atoms with E-state index in [0.29, 0.717) is 12.0 Å². The lowest BCUT2D eigenvalue weighted by molar-refractivity contribution is 0.00752. The maximum atomic E-state index is 5.47. The van der Waals surface area contributed by atoms with Crippen LogP contribution in [0.25, 0.3) is 0 Å². The molecular formula is C18H29BrN4O. The molecule has 0 bridgehead atoms. The molecule has 0 aliphatic carbocycles. The van der Waals surface area contributed by atoms with Crippen LogP contribution in [0.5, 0.6) is 0 Å². The highest BCUT2D eigenvalue weighted by Crippen LogP contribution is 2.13. The van der Waals surface area contributed by atoms with Crippen molar-refractivity contribution in [2.24, 2.45) is 10.9 Å². The van der Waals surface area contributed by atoms with E-state index < -0.39 is 0 Å². The van der Waals surface area contributed by atoms with E-state index in [1.165, 1.54) is 5.56 Å². The summed E-state index contributed by atoms with van der Waals surface area (Å²) in [6.07, 6.45) is 0. The van der Waals surface area contributed by atoms with E-state index in [4.69, 9.17) is 4.74 Å². The third kappa shape index (κ3) is 6.07. The fourth-order valence-electron chi connectivity index (χ4n) is 2.95. The first-order valence-corrected chi connectivity index (χ1v) is 9.40. The van der Waals surface area contributed by atoms with E-state index in [2.05, 4.69) is 62.4 Å². The zero-order valence-electron chi connectivity index (χ0n) is 14.9. The van der Waals surface area contributed by atoms with Crippen LogP contribution in [0.1, 0.15) is 19.4 Å². The van der Waals surface area contributed by atoms with Gasteiger partial charge in [0.15, 0.2) is 5.96 Å². The van der Waals surface area contributed by atoms with Crippen molar-refractivity contribution in [3.63, 3.8) is 0 Å². The van der Waals surface area contributed by atoms with E-state index in [9.17, 15) is 0 Å². The van der Waals surface area contributed by atoms with Crippen LogP contribution in [-0.4, -0.2) is 56.8 Å². The molecule has 1 saturated heterocycles. The highest BCUT2D eigenvalue weighted by molar-refractivity contribution is 9.10. The molecule has 6 heteroatoms. The molecular weight excluding hydrogens is 368 g/mol. The summed E-state index contributed by atoms with van der Waals surface area (Å²) in [7, 11) is 1.81. The van der Waals surface area contributed by atoms with Gasteiger partial charge in [-0.3, -0.25) is 9.89 Å². The second kappa shape index (κ2) is 10.0. The third-order valence-electron chi connectivity index (χ3n) is 4.34. The number of morpholine rings is 1. The molecule has 24 heavy (non-hydrogen) atoms. The topological polar surface area (TPSA) is 48.9 Å². The van der Waals surface area contributed by atoms with Gasteiger partial charge in [0.25, 0.3) is 0 Å². The van der Waals surface area contributed by atoms with Crippen molar-refractivity contribution in [2.45, 2.75) is 26.4 Å². The molecule has 1 unspecified atom stereocenters. The Hall–Kier alpha value is -1.11. The normalized spacial score (nSPS) is 17.8. The van der Waals surface area contributed by atoms with Crippen LogP contribution in [0.2, 0.25) is 0 Å². The van der Waals surface area contributed by atoms with E-state index in [1.807, 2.05) is 19.2 Å². The predicted molar refractivity (Wildman–Crippen MR) is 103 cm³/mol. The van der Waals surface area contributed by atoms with Crippen molar-refractivity contribution in [1.29, 1.82) is 0 Å². The van der Waals surface area contributed by atoms with Crippen molar-refractivity contribution in [3.8, 4) is 0 Å². The van der Waals surface area contributed by atoms with Gasteiger partial charge in [0, 0.05) is 43.7 Å². The van der Waals surface area contributed by atoms with Crippen LogP contribution < -0.4 is 10.6 Å². The van der Waals surface area contributed by atoms with Crippen LogP contribution in [0.15, 0.2) is 33.7 Å². The van der Waals surface area contributed by atoms with Gasteiger partial charge >= 0.3 is 0 Å². The number of nitrogens with zero attached hydrogens (tertiary/aromatic N) is 2. The van der Waals surface area contributed by atoms with Gasteiger partial charge in [-0.05, 0) is 23.6 Å². The second-order valence-electron chi connectivity index (χ2n) is 6.40. The van der Waals surface area contributed by atoms with Crippen LogP contribution in [0.4, 0.5) is 0 Å². The van der Waals surface area contributed by atoms with Crippen LogP contribution in [0, 0.1) is 5.92 Å². The number of guanidine groups is 1. The van der Waals surface area contributed by atoms with Crippen molar-refractivity contribution in [1.82, 2.24) is 15.5 Å². The molecule has 2 rings (SSSR count). The first-order valence-electron chi connectivity index (χ1n) is 8.61. The second-order valence-corrected chi connectivity index (χ2v) is 7.31. The molecule has 0 amide bonds. The number of rotatable bonds is 6. The van der Waals surface area contributed by atoms with E-state index >= 15 is 0 Å². The third-order valence-corrected chi connectivity index (χ3v) is 4.83. The van der Waals surface area contributed by atoms with Gasteiger partial charge in [-0.2, -0.15) is 0 Å². The number of nitrogens with one attached hydrogen (secondary N) is 2. The molecule has 0 saturated carbocycles. The molecule has 5 nitrogen and oxygen atoms in total. The minimum atomic E-state index is 0.485. The standard InChI is InChI=1S/C18H29BrN4O/c1-14(2)17(23-7-9-24-10-8-23)13-22-18(20-3)21-12-15-5-4-6-16(19)11-15/h4-6,11,14,17H,7-10,12-13H2,1-3H3,(H2,20,21,22). The number of ether oxygens (including phenoxy) is 1. The van der Waals surface area contributed by atoms with Crippen molar-refractivity contribution in [3.05, 3.63) is 34.3 Å². The Labute approximate surface area is 154 Å². The summed E-state index contributed by atoms with van der Waals surface area (Å²) in [4.78, 5) is 6.86. The number of hydrogen-bond acceptors (Lipinski definition) is 3. The quantitative estimate of drug-likeness (QED) is 0.572. The van der Waals surface area contributed by atoms with Gasteiger partial charge < -0.3 is 15.4 Å². The SMILES string of the molecule is CN=C(NCc1cccc(Br)c1)NCC(C(C)C)N1CCOCC1. The average Bonchev–Trinajstić information content (AvgIpc) is 2.58. The zero-order valence-corrected chi connectivity index (χ0v) is 16.5. The Balaban J connectivity index is 1.84. The lowest BCUT2D eigenvalue weighted by Crippen LogP contribution is -2.52. The summed E-state index contributed by atoms with van der Waals surface area (Å²) < 4.78 is 6.57. The van der Waals surface area contributed by atoms with Crippen LogP contribution in [0.3, 0.4) is 0 Å². The molecule has 1 aliphatic heterocycles. The first-order chi connectivity index (χ1) is 11.6. The summed E-state index contributed by atoms with van der Waals surface area (Å²) in [5.74, 6) is 1.42. The molecule has 0 spiro atoms. The highest BCUT2D eigenvalue weighted by atomic mass is 79.9. The molecule has 1 aromatic carbocycles. The van der Waals surface area contributed by atoms with Gasteiger partial charge in [0.2, 0.25) is 0 Å². The first kappa shape index (κ1) is 19.2. The van der Waals surface area contributed by atoms with Gasteiger partial charge in [0.05, 0.1) is 13.2 Å². The molecule has 134 valence electrons. The maximum absolute atomic E-state index is 5.47. The highest BCUT2D eigenvalue weighted by Gasteiger charge is 2.23. The van der Waals surface area contributed by atoms with Crippen molar-refractivity contribution >= 4 is 21.9 Å². The Morgan fingerprint density at radius 2 is 2.04 bits per heavy atom. The molecule has 1 atom stereocenters. The van der Waals surface area contributed by atoms with Crippen LogP contribution >= 0.6 is 15.9 Å². The summed E-state index contributed by atoms with van der Waals surface area (Å²) >= 11 is 3.51. The fourth-order valence-corrected chi connectivity index (χ4v) is 3.40. The summed E-state index contributed by atoms with van der Waals surface area (Å²) in [5.41, 5.74) is 1.22. The van der Waals surface area contributed by atoms with E-state index in [1.54, 1.807) is 0 Å². The lowest BCUT2D eigenvalue weighted by Gasteiger charge is -2.37. The number of benzene rings is 1. The lowest BCUT2D eigenvalue weighted by atomic mass is 10.0. The minimum Gasteiger partial charge on any atom is -0.379 e. The van der Waals surface area contributed by atoms with Crippen LogP contribution in [-0.2, 0) is 11.3 Å². The summed E-state index contributed by atoms with van der Waals surface area (Å²) in [5, 5.41) is 6.86. The van der Waals surface area contributed by atoms with Gasteiger partial charge in [0.1, 0.15) is 0 Å². The summed E-state index contributed by atoms with van der Waals surface area (Å²) in [6.45, 7) is 9.87. The molecule has 0 radical (unpaired) electrons. The monoisotopic (exact) mass is 396 g/mol. The van der Waals surface area contributed by atoms with Gasteiger partial charge in [-0.1, -0.05) is 41.9 Å². The van der Waals surface area contributed by atoms with Gasteiger partial charge in [-0.25, -0.2) is 0 Å². The van der Waals surface area contributed by atoms with Crippen molar-refractivity contribution < 1.29 is 4.74 Å². The smallest absolute Gasteiger partial charge is 0.191 e. The fraction of sp³-hybridized carbons (Fsp3) is 0.611. The Bertz CT molecular complexity index is 530. The Kier molecular flexibility index (Phi) is 8.02.